The van der Waals surface area contributed by atoms with E-state index >= 15 is 0 Å². The van der Waals surface area contributed by atoms with E-state index in [1.165, 1.54) is 6.21 Å². The van der Waals surface area contributed by atoms with E-state index in [1.54, 1.807) is 0 Å². The van der Waals surface area contributed by atoms with Gasteiger partial charge in [-0.05, 0) is 6.92 Å². The zero-order valence-electron chi connectivity index (χ0n) is 4.33. The summed E-state index contributed by atoms with van der Waals surface area (Å²) in [5.41, 5.74) is 0. The van der Waals surface area contributed by atoms with Crippen molar-refractivity contribution < 1.29 is 5.21 Å². The average Bonchev–Trinajstić information content (AvgIpc) is 1.69. The highest BCUT2D eigenvalue weighted by Gasteiger charge is 1.64. The molecular weight excluding hydrogens is 90.1 g/mol. The third kappa shape index (κ3) is 5.21. The second-order valence-corrected chi connectivity index (χ2v) is 1.10. The summed E-state index contributed by atoms with van der Waals surface area (Å²) in [7, 11) is 0. The molecule has 0 amide bonds. The molecule has 0 aliphatic rings. The minimum Gasteiger partial charge on any atom is -0.411 e. The van der Waals surface area contributed by atoms with Crippen LogP contribution in [-0.2, 0) is 0 Å². The largest absolute Gasteiger partial charge is 0.411 e. The summed E-state index contributed by atoms with van der Waals surface area (Å²) >= 11 is 0. The van der Waals surface area contributed by atoms with Gasteiger partial charge in [-0.2, -0.15) is 0 Å². The lowest BCUT2D eigenvalue weighted by Gasteiger charge is -1.72. The Morgan fingerprint density at radius 1 is 1.71 bits per heavy atom. The zero-order valence-corrected chi connectivity index (χ0v) is 4.33. The first-order valence-electron chi connectivity index (χ1n) is 2.19. The third-order valence-corrected chi connectivity index (χ3v) is 0.559. The van der Waals surface area contributed by atoms with Crippen molar-refractivity contribution in [1.29, 1.82) is 0 Å². The van der Waals surface area contributed by atoms with Gasteiger partial charge in [-0.3, -0.25) is 0 Å². The summed E-state index contributed by atoms with van der Waals surface area (Å²) in [6.45, 7) is 1.92. The fourth-order valence-corrected chi connectivity index (χ4v) is 0.244. The number of oxime groups is 1. The fourth-order valence-electron chi connectivity index (χ4n) is 0.244. The SMILES string of the molecule is CC=CCC=NO. The Balaban J connectivity index is 2.98. The molecule has 0 saturated carbocycles. The standard InChI is InChI=1S/C5H9NO/c1-2-3-4-5-6-7/h2-3,5,7H,4H2,1H3. The molecule has 0 rings (SSSR count). The summed E-state index contributed by atoms with van der Waals surface area (Å²) in [5, 5.41) is 10.6. The van der Waals surface area contributed by atoms with Crippen LogP contribution in [0.4, 0.5) is 0 Å². The molecule has 0 radical (unpaired) electrons. The molecule has 0 aromatic carbocycles. The summed E-state index contributed by atoms with van der Waals surface area (Å²) in [5.74, 6) is 0. The van der Waals surface area contributed by atoms with Crippen LogP contribution in [-0.4, -0.2) is 11.4 Å². The van der Waals surface area contributed by atoms with Crippen LogP contribution in [0.15, 0.2) is 17.3 Å². The highest BCUT2D eigenvalue weighted by molar-refractivity contribution is 5.58. The smallest absolute Gasteiger partial charge is 0.0473 e. The molecule has 0 fully saturated rings. The summed E-state index contributed by atoms with van der Waals surface area (Å²) in [6, 6.07) is 0. The monoisotopic (exact) mass is 99.1 g/mol. The zero-order chi connectivity index (χ0) is 5.54. The van der Waals surface area contributed by atoms with E-state index in [9.17, 15) is 0 Å². The molecule has 0 unspecified atom stereocenters. The number of hydrogen-bond acceptors (Lipinski definition) is 2. The first kappa shape index (κ1) is 6.21. The second-order valence-electron chi connectivity index (χ2n) is 1.10. The van der Waals surface area contributed by atoms with Gasteiger partial charge >= 0.3 is 0 Å². The molecule has 40 valence electrons. The Morgan fingerprint density at radius 3 is 2.86 bits per heavy atom. The van der Waals surface area contributed by atoms with E-state index < -0.39 is 0 Å². The van der Waals surface area contributed by atoms with Crippen molar-refractivity contribution in [1.82, 2.24) is 0 Å². The summed E-state index contributed by atoms with van der Waals surface area (Å²) in [6.07, 6.45) is 5.95. The molecule has 0 aliphatic carbocycles. The summed E-state index contributed by atoms with van der Waals surface area (Å²) in [4.78, 5) is 0. The van der Waals surface area contributed by atoms with E-state index in [0.29, 0.717) is 6.42 Å². The van der Waals surface area contributed by atoms with Crippen molar-refractivity contribution in [3.05, 3.63) is 12.2 Å². The summed E-state index contributed by atoms with van der Waals surface area (Å²) < 4.78 is 0. The minimum atomic E-state index is 0.715. The average molecular weight is 99.1 g/mol. The lowest BCUT2D eigenvalue weighted by Crippen LogP contribution is -1.65. The van der Waals surface area contributed by atoms with Gasteiger partial charge in [0.05, 0.1) is 0 Å². The normalized spacial score (nSPS) is 11.6. The predicted molar refractivity (Wildman–Crippen MR) is 29.7 cm³/mol. The van der Waals surface area contributed by atoms with E-state index in [-0.39, 0.29) is 0 Å². The maximum Gasteiger partial charge on any atom is 0.0473 e. The van der Waals surface area contributed by atoms with E-state index in [0.717, 1.165) is 0 Å². The van der Waals surface area contributed by atoms with Gasteiger partial charge in [-0.15, -0.1) is 5.16 Å². The Morgan fingerprint density at radius 2 is 2.43 bits per heavy atom. The molecule has 2 heteroatoms. The molecule has 1 N–H and O–H groups in total. The van der Waals surface area contributed by atoms with Crippen LogP contribution < -0.4 is 0 Å². The number of allylic oxidation sites excluding steroid dienone is 2. The van der Waals surface area contributed by atoms with Crippen LogP contribution in [0.2, 0.25) is 0 Å². The van der Waals surface area contributed by atoms with Gasteiger partial charge in [0.2, 0.25) is 0 Å². The quantitative estimate of drug-likeness (QED) is 0.241. The highest BCUT2D eigenvalue weighted by Crippen LogP contribution is 1.74. The van der Waals surface area contributed by atoms with Crippen molar-refractivity contribution in [3.8, 4) is 0 Å². The molecule has 0 aliphatic heterocycles. The fraction of sp³-hybridized carbons (Fsp3) is 0.400. The molecule has 7 heavy (non-hydrogen) atoms. The predicted octanol–water partition coefficient (Wildman–Crippen LogP) is 1.41. The first-order valence-corrected chi connectivity index (χ1v) is 2.19. The molecule has 0 aromatic rings. The maximum absolute atomic E-state index is 7.83. The van der Waals surface area contributed by atoms with Gasteiger partial charge < -0.3 is 5.21 Å². The molecule has 0 bridgehead atoms. The Bertz CT molecular complexity index is 66.1. The van der Waals surface area contributed by atoms with Gasteiger partial charge in [-0.25, -0.2) is 0 Å². The second kappa shape index (κ2) is 5.21. The highest BCUT2D eigenvalue weighted by atomic mass is 16.4. The Hall–Kier alpha value is -0.790. The van der Waals surface area contributed by atoms with Crippen LogP contribution in [0.1, 0.15) is 13.3 Å². The Labute approximate surface area is 43.2 Å². The molecule has 0 atom stereocenters. The lowest BCUT2D eigenvalue weighted by atomic mass is 10.4. The third-order valence-electron chi connectivity index (χ3n) is 0.559. The van der Waals surface area contributed by atoms with Gasteiger partial charge in [0.25, 0.3) is 0 Å². The van der Waals surface area contributed by atoms with Crippen molar-refractivity contribution in [3.63, 3.8) is 0 Å². The maximum atomic E-state index is 7.83. The van der Waals surface area contributed by atoms with Crippen LogP contribution in [0.3, 0.4) is 0 Å². The van der Waals surface area contributed by atoms with Gasteiger partial charge in [0, 0.05) is 12.6 Å². The van der Waals surface area contributed by atoms with Crippen LogP contribution in [0.5, 0.6) is 0 Å². The first-order chi connectivity index (χ1) is 3.41. The van der Waals surface area contributed by atoms with Crippen molar-refractivity contribution in [2.24, 2.45) is 5.16 Å². The van der Waals surface area contributed by atoms with E-state index in [1.807, 2.05) is 19.1 Å². The van der Waals surface area contributed by atoms with E-state index in [2.05, 4.69) is 5.16 Å². The molecule has 0 spiro atoms. The number of rotatable bonds is 2. The number of hydrogen-bond donors (Lipinski definition) is 1. The number of nitrogens with zero attached hydrogens (tertiary/aromatic N) is 1. The van der Waals surface area contributed by atoms with Crippen molar-refractivity contribution in [2.75, 3.05) is 0 Å². The topological polar surface area (TPSA) is 32.6 Å². The molecule has 0 heterocycles. The van der Waals surface area contributed by atoms with Crippen molar-refractivity contribution in [2.45, 2.75) is 13.3 Å². The van der Waals surface area contributed by atoms with Crippen molar-refractivity contribution >= 4 is 6.21 Å². The van der Waals surface area contributed by atoms with Gasteiger partial charge in [-0.1, -0.05) is 12.2 Å². The lowest BCUT2D eigenvalue weighted by molar-refractivity contribution is 0.321. The molecule has 0 saturated heterocycles. The van der Waals surface area contributed by atoms with Crippen LogP contribution in [0.25, 0.3) is 0 Å². The Kier molecular flexibility index (Phi) is 4.62. The molecule has 2 nitrogen and oxygen atoms in total. The molecular formula is C5H9NO. The van der Waals surface area contributed by atoms with Gasteiger partial charge in [0.1, 0.15) is 0 Å². The van der Waals surface area contributed by atoms with Gasteiger partial charge in [0.15, 0.2) is 0 Å². The molecule has 0 aromatic heterocycles. The van der Waals surface area contributed by atoms with Crippen LogP contribution >= 0.6 is 0 Å². The van der Waals surface area contributed by atoms with E-state index in [4.69, 9.17) is 5.21 Å². The minimum absolute atomic E-state index is 0.715. The van der Waals surface area contributed by atoms with Crippen LogP contribution in [0, 0.1) is 0 Å².